The van der Waals surface area contributed by atoms with Crippen molar-refractivity contribution in [3.63, 3.8) is 0 Å². The summed E-state index contributed by atoms with van der Waals surface area (Å²) in [5.41, 5.74) is 1.13. The Kier molecular flexibility index (Phi) is 5.79. The predicted molar refractivity (Wildman–Crippen MR) is 96.9 cm³/mol. The van der Waals surface area contributed by atoms with Gasteiger partial charge < -0.3 is 4.74 Å². The van der Waals surface area contributed by atoms with Crippen molar-refractivity contribution in [2.75, 3.05) is 6.61 Å². The molecule has 3 atom stereocenters. The van der Waals surface area contributed by atoms with Crippen molar-refractivity contribution in [2.24, 2.45) is 0 Å². The predicted octanol–water partition coefficient (Wildman–Crippen LogP) is 4.54. The van der Waals surface area contributed by atoms with Gasteiger partial charge in [-0.15, -0.1) is 0 Å². The Morgan fingerprint density at radius 1 is 1.11 bits per heavy atom. The molecule has 0 aromatic heterocycles. The van der Waals surface area contributed by atoms with Crippen molar-refractivity contribution >= 4 is 11.6 Å². The van der Waals surface area contributed by atoms with E-state index in [0.29, 0.717) is 16.9 Å². The number of hydrogen-bond acceptors (Lipinski definition) is 4. The third kappa shape index (κ3) is 4.39. The van der Waals surface area contributed by atoms with E-state index in [1.165, 1.54) is 18.2 Å². The van der Waals surface area contributed by atoms with Crippen LogP contribution in [0, 0.1) is 22.7 Å². The Balaban J connectivity index is 1.74. The maximum absolute atomic E-state index is 13.5. The molecular formula is C20H15ClF3N3O. The first-order chi connectivity index (χ1) is 13.3. The Bertz CT molecular complexity index is 932. The summed E-state index contributed by atoms with van der Waals surface area (Å²) in [6.07, 6.45) is -4.23. The molecule has 144 valence electrons. The SMILES string of the molecule is N#Cc1ccc(OC[C@@H]2CC(c3ccc(C#N)c(Cl)c3)[C@@H](C(F)(F)F)N2)cc1. The molecule has 0 radical (unpaired) electrons. The Labute approximate surface area is 165 Å². The van der Waals surface area contributed by atoms with Crippen LogP contribution in [0.3, 0.4) is 0 Å². The molecule has 1 unspecified atom stereocenters. The monoisotopic (exact) mass is 405 g/mol. The van der Waals surface area contributed by atoms with E-state index in [2.05, 4.69) is 5.32 Å². The van der Waals surface area contributed by atoms with E-state index in [1.807, 2.05) is 12.1 Å². The van der Waals surface area contributed by atoms with Crippen molar-refractivity contribution in [3.05, 3.63) is 64.2 Å². The lowest BCUT2D eigenvalue weighted by Crippen LogP contribution is -2.44. The first kappa shape index (κ1) is 20.0. The molecule has 0 bridgehead atoms. The number of alkyl halides is 3. The van der Waals surface area contributed by atoms with Crippen LogP contribution in [0.15, 0.2) is 42.5 Å². The minimum atomic E-state index is -4.44. The number of halogens is 4. The second kappa shape index (κ2) is 8.10. The van der Waals surface area contributed by atoms with E-state index in [0.717, 1.165) is 0 Å². The summed E-state index contributed by atoms with van der Waals surface area (Å²) in [6, 6.07) is 12.4. The average molecular weight is 406 g/mol. The number of nitrogens with one attached hydrogen (secondary N) is 1. The molecule has 1 aliphatic heterocycles. The van der Waals surface area contributed by atoms with Gasteiger partial charge in [-0.1, -0.05) is 17.7 Å². The van der Waals surface area contributed by atoms with Gasteiger partial charge in [-0.25, -0.2) is 0 Å². The van der Waals surface area contributed by atoms with Crippen LogP contribution in [0.25, 0.3) is 0 Å². The lowest BCUT2D eigenvalue weighted by atomic mass is 9.90. The van der Waals surface area contributed by atoms with Crippen LogP contribution in [0.2, 0.25) is 5.02 Å². The van der Waals surface area contributed by atoms with Gasteiger partial charge in [0.2, 0.25) is 0 Å². The van der Waals surface area contributed by atoms with E-state index < -0.39 is 24.2 Å². The number of benzene rings is 2. The van der Waals surface area contributed by atoms with Crippen molar-refractivity contribution < 1.29 is 17.9 Å². The standard InChI is InChI=1S/C20H15ClF3N3O/c21-18-7-13(3-4-14(18)10-26)17-8-15(27-19(17)20(22,23)24)11-28-16-5-1-12(9-25)2-6-16/h1-7,15,17,19,27H,8,11H2/t15-,17?,19-/m0/s1. The third-order valence-electron chi connectivity index (χ3n) is 4.69. The van der Waals surface area contributed by atoms with Gasteiger partial charge in [0.05, 0.1) is 22.2 Å². The normalized spacial score (nSPS) is 21.7. The molecule has 4 nitrogen and oxygen atoms in total. The largest absolute Gasteiger partial charge is 0.492 e. The van der Waals surface area contributed by atoms with Gasteiger partial charge in [-0.2, -0.15) is 23.7 Å². The number of rotatable bonds is 4. The summed E-state index contributed by atoms with van der Waals surface area (Å²) < 4.78 is 46.2. The third-order valence-corrected chi connectivity index (χ3v) is 5.00. The molecule has 3 rings (SSSR count). The highest BCUT2D eigenvalue weighted by Crippen LogP contribution is 2.40. The van der Waals surface area contributed by atoms with Crippen LogP contribution in [-0.2, 0) is 0 Å². The molecule has 2 aromatic rings. The van der Waals surface area contributed by atoms with Crippen LogP contribution in [0.1, 0.15) is 29.0 Å². The minimum Gasteiger partial charge on any atom is -0.492 e. The van der Waals surface area contributed by atoms with E-state index in [4.69, 9.17) is 26.9 Å². The lowest BCUT2D eigenvalue weighted by Gasteiger charge is -2.23. The summed E-state index contributed by atoms with van der Waals surface area (Å²) in [5, 5.41) is 20.5. The molecule has 1 N–H and O–H groups in total. The summed E-state index contributed by atoms with van der Waals surface area (Å²) in [4.78, 5) is 0. The summed E-state index contributed by atoms with van der Waals surface area (Å²) in [7, 11) is 0. The zero-order valence-corrected chi connectivity index (χ0v) is 15.3. The van der Waals surface area contributed by atoms with Crippen LogP contribution in [0.4, 0.5) is 13.2 Å². The molecule has 1 saturated heterocycles. The maximum Gasteiger partial charge on any atom is 0.404 e. The fourth-order valence-corrected chi connectivity index (χ4v) is 3.55. The minimum absolute atomic E-state index is 0.0546. The molecule has 1 heterocycles. The van der Waals surface area contributed by atoms with E-state index >= 15 is 0 Å². The molecule has 2 aromatic carbocycles. The highest BCUT2D eigenvalue weighted by atomic mass is 35.5. The van der Waals surface area contributed by atoms with Gasteiger partial charge in [0, 0.05) is 12.0 Å². The molecule has 1 fully saturated rings. The molecule has 28 heavy (non-hydrogen) atoms. The number of hydrogen-bond donors (Lipinski definition) is 1. The quantitative estimate of drug-likeness (QED) is 0.810. The van der Waals surface area contributed by atoms with Crippen molar-refractivity contribution in [1.82, 2.24) is 5.32 Å². The van der Waals surface area contributed by atoms with E-state index in [1.54, 1.807) is 24.3 Å². The second-order valence-electron chi connectivity index (χ2n) is 6.52. The molecule has 8 heteroatoms. The van der Waals surface area contributed by atoms with E-state index in [-0.39, 0.29) is 23.6 Å². The first-order valence-electron chi connectivity index (χ1n) is 8.47. The highest BCUT2D eigenvalue weighted by Gasteiger charge is 2.50. The average Bonchev–Trinajstić information content (AvgIpc) is 3.11. The van der Waals surface area contributed by atoms with Crippen LogP contribution in [-0.4, -0.2) is 24.9 Å². The lowest BCUT2D eigenvalue weighted by molar-refractivity contribution is -0.156. The van der Waals surface area contributed by atoms with Gasteiger partial charge in [0.15, 0.2) is 0 Å². The summed E-state index contributed by atoms with van der Waals surface area (Å²) >= 11 is 6.00. The first-order valence-corrected chi connectivity index (χ1v) is 8.85. The molecule has 0 aliphatic carbocycles. The summed E-state index contributed by atoms with van der Waals surface area (Å²) in [5.74, 6) is -0.353. The molecule has 0 amide bonds. The maximum atomic E-state index is 13.5. The van der Waals surface area contributed by atoms with Crippen LogP contribution >= 0.6 is 11.6 Å². The van der Waals surface area contributed by atoms with Crippen LogP contribution < -0.4 is 10.1 Å². The number of nitrogens with zero attached hydrogens (tertiary/aromatic N) is 2. The molecular weight excluding hydrogens is 391 g/mol. The van der Waals surface area contributed by atoms with Gasteiger partial charge in [-0.3, -0.25) is 5.32 Å². The molecule has 1 aliphatic rings. The molecule has 0 spiro atoms. The Morgan fingerprint density at radius 3 is 2.39 bits per heavy atom. The van der Waals surface area contributed by atoms with Crippen LogP contribution in [0.5, 0.6) is 5.75 Å². The Morgan fingerprint density at radius 2 is 1.82 bits per heavy atom. The van der Waals surface area contributed by atoms with E-state index in [9.17, 15) is 13.2 Å². The van der Waals surface area contributed by atoms with Gasteiger partial charge in [0.1, 0.15) is 24.5 Å². The van der Waals surface area contributed by atoms with Crippen molar-refractivity contribution in [1.29, 1.82) is 10.5 Å². The smallest absolute Gasteiger partial charge is 0.404 e. The topological polar surface area (TPSA) is 68.8 Å². The van der Waals surface area contributed by atoms with Crippen molar-refractivity contribution in [3.8, 4) is 17.9 Å². The highest BCUT2D eigenvalue weighted by molar-refractivity contribution is 6.31. The zero-order valence-electron chi connectivity index (χ0n) is 14.5. The zero-order chi connectivity index (χ0) is 20.3. The van der Waals surface area contributed by atoms with Crippen molar-refractivity contribution in [2.45, 2.75) is 30.6 Å². The Hall–Kier alpha value is -2.74. The number of ether oxygens (including phenoxy) is 1. The molecule has 0 saturated carbocycles. The summed E-state index contributed by atoms with van der Waals surface area (Å²) in [6.45, 7) is 0.0546. The van der Waals surface area contributed by atoms with Gasteiger partial charge in [-0.05, 0) is 48.4 Å². The van der Waals surface area contributed by atoms with Gasteiger partial charge in [0.25, 0.3) is 0 Å². The fraction of sp³-hybridized carbons (Fsp3) is 0.300. The fourth-order valence-electron chi connectivity index (χ4n) is 3.32. The number of nitriles is 2. The van der Waals surface area contributed by atoms with Gasteiger partial charge >= 0.3 is 6.18 Å². The second-order valence-corrected chi connectivity index (χ2v) is 6.93.